The average molecular weight is 466 g/mol. The Balaban J connectivity index is 1.39. The minimum Gasteiger partial charge on any atom is -0.494 e. The first-order chi connectivity index (χ1) is 16.0. The quantitative estimate of drug-likeness (QED) is 0.558. The highest BCUT2D eigenvalue weighted by molar-refractivity contribution is 7.13. The van der Waals surface area contributed by atoms with E-state index in [2.05, 4.69) is 10.3 Å². The Kier molecular flexibility index (Phi) is 7.05. The molecule has 0 bridgehead atoms. The summed E-state index contributed by atoms with van der Waals surface area (Å²) < 4.78 is 5.42. The third-order valence-corrected chi connectivity index (χ3v) is 6.66. The molecule has 2 amide bonds. The number of ether oxygens (including phenoxy) is 1. The van der Waals surface area contributed by atoms with E-state index in [1.807, 2.05) is 43.6 Å². The second-order valence-electron chi connectivity index (χ2n) is 8.00. The van der Waals surface area contributed by atoms with Gasteiger partial charge in [-0.1, -0.05) is 24.3 Å². The van der Waals surface area contributed by atoms with Gasteiger partial charge < -0.3 is 20.1 Å². The number of aliphatic hydroxyl groups excluding tert-OH is 1. The maximum absolute atomic E-state index is 13.0. The predicted molar refractivity (Wildman–Crippen MR) is 127 cm³/mol. The number of aromatic nitrogens is 1. The molecule has 1 aromatic heterocycles. The number of nitrogens with one attached hydrogen (secondary N) is 1. The highest BCUT2D eigenvalue weighted by Crippen LogP contribution is 2.27. The van der Waals surface area contributed by atoms with Crippen LogP contribution in [0.4, 0.5) is 0 Å². The molecule has 3 aromatic rings. The Morgan fingerprint density at radius 3 is 2.55 bits per heavy atom. The number of hydrogen-bond acceptors (Lipinski definition) is 6. The minimum absolute atomic E-state index is 0.132. The summed E-state index contributed by atoms with van der Waals surface area (Å²) in [6.45, 7) is 4.90. The molecule has 7 nitrogen and oxygen atoms in total. The molecule has 2 atom stereocenters. The van der Waals surface area contributed by atoms with Crippen LogP contribution in [0.5, 0.6) is 5.75 Å². The summed E-state index contributed by atoms with van der Waals surface area (Å²) in [5.41, 5.74) is 5.33. The number of benzene rings is 2. The number of hydrogen-bond donors (Lipinski definition) is 2. The molecule has 0 saturated carbocycles. The van der Waals surface area contributed by atoms with Crippen LogP contribution >= 0.6 is 11.3 Å². The first-order valence-electron chi connectivity index (χ1n) is 10.9. The van der Waals surface area contributed by atoms with E-state index >= 15 is 0 Å². The summed E-state index contributed by atoms with van der Waals surface area (Å²) in [6.07, 6.45) is -0.507. The number of likely N-dealkylation sites (tertiary alicyclic amines) is 1. The van der Waals surface area contributed by atoms with Crippen LogP contribution in [0.25, 0.3) is 10.4 Å². The standard InChI is InChI=1S/C25H27N3O4S/c1-3-32-21-10-8-19(9-11-21)25(31)28-14-20(29)12-22(28)24(30)26-13-17-4-6-18(7-5-17)23-16(2)27-15-33-23/h4-11,15,20,22,29H,3,12-14H2,1-2H3,(H,26,30). The van der Waals surface area contributed by atoms with Crippen molar-refractivity contribution >= 4 is 23.2 Å². The fraction of sp³-hybridized carbons (Fsp3) is 0.320. The van der Waals surface area contributed by atoms with Gasteiger partial charge in [0.1, 0.15) is 11.8 Å². The Hall–Kier alpha value is -3.23. The van der Waals surface area contributed by atoms with Gasteiger partial charge >= 0.3 is 0 Å². The number of thiazole rings is 1. The summed E-state index contributed by atoms with van der Waals surface area (Å²) in [5, 5.41) is 13.1. The van der Waals surface area contributed by atoms with E-state index in [4.69, 9.17) is 4.74 Å². The van der Waals surface area contributed by atoms with E-state index < -0.39 is 12.1 Å². The van der Waals surface area contributed by atoms with Crippen molar-refractivity contribution in [3.8, 4) is 16.2 Å². The highest BCUT2D eigenvalue weighted by atomic mass is 32.1. The smallest absolute Gasteiger partial charge is 0.254 e. The largest absolute Gasteiger partial charge is 0.494 e. The Morgan fingerprint density at radius 1 is 1.18 bits per heavy atom. The molecule has 4 rings (SSSR count). The van der Waals surface area contributed by atoms with Gasteiger partial charge in [0.15, 0.2) is 0 Å². The number of aryl methyl sites for hydroxylation is 1. The van der Waals surface area contributed by atoms with Gasteiger partial charge in [-0.25, -0.2) is 4.98 Å². The van der Waals surface area contributed by atoms with Crippen molar-refractivity contribution in [3.63, 3.8) is 0 Å². The number of rotatable bonds is 7. The number of β-amino-alcohol motifs (C(OH)–C–C–N with tert-alkyl or cyclic N) is 1. The Labute approximate surface area is 197 Å². The highest BCUT2D eigenvalue weighted by Gasteiger charge is 2.39. The van der Waals surface area contributed by atoms with E-state index in [0.29, 0.717) is 24.5 Å². The van der Waals surface area contributed by atoms with Crippen molar-refractivity contribution in [1.29, 1.82) is 0 Å². The van der Waals surface area contributed by atoms with Crippen LogP contribution < -0.4 is 10.1 Å². The fourth-order valence-corrected chi connectivity index (χ4v) is 4.78. The summed E-state index contributed by atoms with van der Waals surface area (Å²) in [7, 11) is 0. The van der Waals surface area contributed by atoms with Gasteiger partial charge in [-0.15, -0.1) is 11.3 Å². The number of nitrogens with zero attached hydrogens (tertiary/aromatic N) is 2. The predicted octanol–water partition coefficient (Wildman–Crippen LogP) is 3.41. The lowest BCUT2D eigenvalue weighted by Crippen LogP contribution is -2.45. The first-order valence-corrected chi connectivity index (χ1v) is 11.8. The number of carbonyl (C=O) groups excluding carboxylic acids is 2. The second-order valence-corrected chi connectivity index (χ2v) is 8.86. The van der Waals surface area contributed by atoms with Gasteiger partial charge in [0.05, 0.1) is 28.8 Å². The van der Waals surface area contributed by atoms with Crippen LogP contribution in [0.3, 0.4) is 0 Å². The van der Waals surface area contributed by atoms with Crippen LogP contribution in [-0.4, -0.2) is 52.1 Å². The van der Waals surface area contributed by atoms with Crippen molar-refractivity contribution in [3.05, 3.63) is 70.9 Å². The Morgan fingerprint density at radius 2 is 1.91 bits per heavy atom. The van der Waals surface area contributed by atoms with Gasteiger partial charge in [0.2, 0.25) is 5.91 Å². The van der Waals surface area contributed by atoms with Gasteiger partial charge in [-0.2, -0.15) is 0 Å². The van der Waals surface area contributed by atoms with Crippen LogP contribution in [0.15, 0.2) is 54.0 Å². The van der Waals surface area contributed by atoms with Crippen LogP contribution in [0, 0.1) is 6.92 Å². The van der Waals surface area contributed by atoms with Crippen molar-refractivity contribution in [2.45, 2.75) is 39.0 Å². The molecule has 1 aliphatic rings. The SMILES string of the molecule is CCOc1ccc(C(=O)N2CC(O)CC2C(=O)NCc2ccc(-c3scnc3C)cc2)cc1. The number of amides is 2. The second kappa shape index (κ2) is 10.1. The zero-order chi connectivity index (χ0) is 23.4. The molecule has 2 unspecified atom stereocenters. The molecule has 2 N–H and O–H groups in total. The summed E-state index contributed by atoms with van der Waals surface area (Å²) in [5.74, 6) is 0.133. The normalized spacial score (nSPS) is 17.7. The van der Waals surface area contributed by atoms with Crippen molar-refractivity contribution < 1.29 is 19.4 Å². The Bertz CT molecular complexity index is 1110. The third kappa shape index (κ3) is 5.23. The van der Waals surface area contributed by atoms with Crippen LogP contribution in [0.1, 0.15) is 35.0 Å². The van der Waals surface area contributed by atoms with Crippen molar-refractivity contribution in [1.82, 2.24) is 15.2 Å². The maximum atomic E-state index is 13.0. The molecule has 1 aliphatic heterocycles. The lowest BCUT2D eigenvalue weighted by molar-refractivity contribution is -0.125. The van der Waals surface area contributed by atoms with Gasteiger partial charge in [0, 0.05) is 25.1 Å². The zero-order valence-corrected chi connectivity index (χ0v) is 19.5. The average Bonchev–Trinajstić information content (AvgIpc) is 3.43. The molecule has 33 heavy (non-hydrogen) atoms. The molecule has 8 heteroatoms. The van der Waals surface area contributed by atoms with E-state index in [1.54, 1.807) is 35.6 Å². The topological polar surface area (TPSA) is 91.8 Å². The van der Waals surface area contributed by atoms with Crippen molar-refractivity contribution in [2.75, 3.05) is 13.2 Å². The van der Waals surface area contributed by atoms with Gasteiger partial charge in [0.25, 0.3) is 5.91 Å². The molecule has 1 saturated heterocycles. The summed E-state index contributed by atoms with van der Waals surface area (Å²) in [4.78, 5) is 32.8. The number of aliphatic hydroxyl groups is 1. The molecular formula is C25H27N3O4S. The first kappa shape index (κ1) is 22.9. The maximum Gasteiger partial charge on any atom is 0.254 e. The lowest BCUT2D eigenvalue weighted by atomic mass is 10.1. The molecule has 0 spiro atoms. The van der Waals surface area contributed by atoms with Crippen LogP contribution in [-0.2, 0) is 11.3 Å². The summed E-state index contributed by atoms with van der Waals surface area (Å²) in [6, 6.07) is 14.1. The lowest BCUT2D eigenvalue weighted by Gasteiger charge is -2.24. The zero-order valence-electron chi connectivity index (χ0n) is 18.7. The minimum atomic E-state index is -0.727. The summed E-state index contributed by atoms with van der Waals surface area (Å²) >= 11 is 1.60. The molecule has 2 heterocycles. The van der Waals surface area contributed by atoms with Gasteiger partial charge in [-0.3, -0.25) is 9.59 Å². The monoisotopic (exact) mass is 465 g/mol. The third-order valence-electron chi connectivity index (χ3n) is 5.68. The van der Waals surface area contributed by atoms with E-state index in [-0.39, 0.29) is 24.8 Å². The number of carbonyl (C=O) groups is 2. The molecular weight excluding hydrogens is 438 g/mol. The molecule has 172 valence electrons. The van der Waals surface area contributed by atoms with E-state index in [9.17, 15) is 14.7 Å². The molecule has 1 fully saturated rings. The molecule has 0 radical (unpaired) electrons. The van der Waals surface area contributed by atoms with Gasteiger partial charge in [-0.05, 0) is 49.2 Å². The molecule has 2 aromatic carbocycles. The molecule has 0 aliphatic carbocycles. The van der Waals surface area contributed by atoms with Crippen molar-refractivity contribution in [2.24, 2.45) is 0 Å². The van der Waals surface area contributed by atoms with E-state index in [0.717, 1.165) is 21.7 Å². The fourth-order valence-electron chi connectivity index (χ4n) is 3.97. The van der Waals surface area contributed by atoms with Crippen LogP contribution in [0.2, 0.25) is 0 Å². The van der Waals surface area contributed by atoms with E-state index in [1.165, 1.54) is 4.90 Å².